The molecule has 0 radical (unpaired) electrons. The van der Waals surface area contributed by atoms with Gasteiger partial charge in [0.15, 0.2) is 12.1 Å². The Morgan fingerprint density at radius 1 is 1.05 bits per heavy atom. The van der Waals surface area contributed by atoms with E-state index in [2.05, 4.69) is 68.5 Å². The molecule has 3 aliphatic heterocycles. The van der Waals surface area contributed by atoms with Crippen molar-refractivity contribution in [1.29, 1.82) is 0 Å². The summed E-state index contributed by atoms with van der Waals surface area (Å²) in [5.74, 6) is 2.41. The summed E-state index contributed by atoms with van der Waals surface area (Å²) in [7, 11) is 0. The van der Waals surface area contributed by atoms with E-state index in [1.54, 1.807) is 6.20 Å². The number of hydrogen-bond donors (Lipinski definition) is 0. The van der Waals surface area contributed by atoms with Gasteiger partial charge in [-0.25, -0.2) is 15.0 Å². The van der Waals surface area contributed by atoms with Crippen molar-refractivity contribution in [2.45, 2.75) is 70.0 Å². The molecular formula is C29H32N6O2. The molecule has 2 unspecified atom stereocenters. The van der Waals surface area contributed by atoms with Crippen molar-refractivity contribution in [2.75, 3.05) is 13.1 Å². The number of imidazole rings is 1. The number of amides is 1. The summed E-state index contributed by atoms with van der Waals surface area (Å²) in [5, 5.41) is 0. The number of piperidine rings is 2. The Bertz CT molecular complexity index is 1450. The van der Waals surface area contributed by atoms with Gasteiger partial charge in [-0.15, -0.1) is 0 Å². The fourth-order valence-corrected chi connectivity index (χ4v) is 6.08. The lowest BCUT2D eigenvalue weighted by atomic mass is 9.90. The summed E-state index contributed by atoms with van der Waals surface area (Å²) in [5.41, 5.74) is 5.10. The van der Waals surface area contributed by atoms with Crippen LogP contribution in [0.15, 0.2) is 53.5 Å². The Hall–Kier alpha value is -3.52. The van der Waals surface area contributed by atoms with Crippen LogP contribution in [0.5, 0.6) is 0 Å². The third kappa shape index (κ3) is 3.94. The molecule has 4 aliphatic rings. The zero-order valence-corrected chi connectivity index (χ0v) is 21.4. The molecular weight excluding hydrogens is 464 g/mol. The SMILES string of the molecule is CC(C)c1ccc(-c2nc3ncccn3c2CN2CC3CCC2CN3C(=O)c2ncoc2C2CC2)cc1. The quantitative estimate of drug-likeness (QED) is 0.379. The zero-order valence-electron chi connectivity index (χ0n) is 21.4. The smallest absolute Gasteiger partial charge is 0.276 e. The molecule has 2 bridgehead atoms. The Morgan fingerprint density at radius 3 is 2.59 bits per heavy atom. The minimum Gasteiger partial charge on any atom is -0.447 e. The minimum atomic E-state index is 0.0370. The molecule has 0 N–H and O–H groups in total. The molecule has 8 nitrogen and oxygen atoms in total. The average molecular weight is 497 g/mol. The predicted octanol–water partition coefficient (Wildman–Crippen LogP) is 4.87. The summed E-state index contributed by atoms with van der Waals surface area (Å²) in [4.78, 5) is 31.9. The Kier molecular flexibility index (Phi) is 5.39. The molecule has 0 spiro atoms. The topological polar surface area (TPSA) is 79.8 Å². The molecule has 37 heavy (non-hydrogen) atoms. The summed E-state index contributed by atoms with van der Waals surface area (Å²) >= 11 is 0. The first-order valence-electron chi connectivity index (χ1n) is 13.5. The summed E-state index contributed by atoms with van der Waals surface area (Å²) in [6.07, 6.45) is 9.59. The van der Waals surface area contributed by atoms with E-state index in [1.807, 2.05) is 6.07 Å². The second-order valence-electron chi connectivity index (χ2n) is 11.1. The number of aromatic nitrogens is 4. The van der Waals surface area contributed by atoms with Crippen LogP contribution in [-0.2, 0) is 6.54 Å². The number of oxazole rings is 1. The van der Waals surface area contributed by atoms with E-state index in [0.29, 0.717) is 23.6 Å². The van der Waals surface area contributed by atoms with Crippen molar-refractivity contribution in [3.05, 3.63) is 71.8 Å². The van der Waals surface area contributed by atoms with Crippen molar-refractivity contribution in [3.63, 3.8) is 0 Å². The molecule has 8 rings (SSSR count). The van der Waals surface area contributed by atoms with Gasteiger partial charge in [-0.2, -0.15) is 0 Å². The van der Waals surface area contributed by atoms with Gasteiger partial charge in [-0.3, -0.25) is 14.1 Å². The van der Waals surface area contributed by atoms with Gasteiger partial charge in [0.1, 0.15) is 5.76 Å². The van der Waals surface area contributed by atoms with Gasteiger partial charge in [0.2, 0.25) is 5.78 Å². The van der Waals surface area contributed by atoms with Gasteiger partial charge in [0.05, 0.1) is 11.4 Å². The van der Waals surface area contributed by atoms with Crippen molar-refractivity contribution >= 4 is 11.7 Å². The van der Waals surface area contributed by atoms with Crippen LogP contribution in [0.3, 0.4) is 0 Å². The van der Waals surface area contributed by atoms with E-state index in [1.165, 1.54) is 12.0 Å². The van der Waals surface area contributed by atoms with E-state index < -0.39 is 0 Å². The molecule has 190 valence electrons. The first-order chi connectivity index (χ1) is 18.1. The van der Waals surface area contributed by atoms with Gasteiger partial charge >= 0.3 is 0 Å². The van der Waals surface area contributed by atoms with E-state index in [-0.39, 0.29) is 11.9 Å². The van der Waals surface area contributed by atoms with Crippen LogP contribution >= 0.6 is 0 Å². The number of carbonyl (C=O) groups is 1. The van der Waals surface area contributed by atoms with Crippen molar-refractivity contribution < 1.29 is 9.21 Å². The third-order valence-corrected chi connectivity index (χ3v) is 8.36. The maximum atomic E-state index is 13.5. The minimum absolute atomic E-state index is 0.0370. The number of carbonyl (C=O) groups excluding carboxylic acids is 1. The molecule has 4 fully saturated rings. The van der Waals surface area contributed by atoms with Crippen LogP contribution in [0.2, 0.25) is 0 Å². The van der Waals surface area contributed by atoms with E-state index in [0.717, 1.165) is 73.8 Å². The lowest BCUT2D eigenvalue weighted by molar-refractivity contribution is -0.0163. The maximum absolute atomic E-state index is 13.5. The monoisotopic (exact) mass is 496 g/mol. The first-order valence-corrected chi connectivity index (χ1v) is 13.5. The second-order valence-corrected chi connectivity index (χ2v) is 11.1. The molecule has 3 aromatic heterocycles. The van der Waals surface area contributed by atoms with Crippen molar-refractivity contribution in [2.24, 2.45) is 0 Å². The molecule has 6 heterocycles. The van der Waals surface area contributed by atoms with Gasteiger partial charge in [-0.1, -0.05) is 38.1 Å². The molecule has 2 atom stereocenters. The highest BCUT2D eigenvalue weighted by molar-refractivity contribution is 5.94. The molecule has 8 heteroatoms. The zero-order chi connectivity index (χ0) is 25.1. The average Bonchev–Trinajstić information content (AvgIpc) is 3.54. The fourth-order valence-electron chi connectivity index (χ4n) is 6.08. The van der Waals surface area contributed by atoms with Gasteiger partial charge in [-0.05, 0) is 43.2 Å². The van der Waals surface area contributed by atoms with Gasteiger partial charge in [0.25, 0.3) is 5.91 Å². The number of fused-ring (bicyclic) bond motifs is 4. The summed E-state index contributed by atoms with van der Waals surface area (Å²) in [6, 6.07) is 11.2. The van der Waals surface area contributed by atoms with Crippen LogP contribution < -0.4 is 0 Å². The van der Waals surface area contributed by atoms with E-state index in [4.69, 9.17) is 9.40 Å². The van der Waals surface area contributed by atoms with E-state index in [9.17, 15) is 4.79 Å². The fraction of sp³-hybridized carbons (Fsp3) is 0.448. The van der Waals surface area contributed by atoms with Gasteiger partial charge < -0.3 is 9.32 Å². The number of benzene rings is 1. The largest absolute Gasteiger partial charge is 0.447 e. The molecule has 1 saturated carbocycles. The van der Waals surface area contributed by atoms with Crippen molar-refractivity contribution in [1.82, 2.24) is 29.2 Å². The molecule has 3 saturated heterocycles. The molecule has 1 amide bonds. The summed E-state index contributed by atoms with van der Waals surface area (Å²) in [6.45, 7) is 6.78. The van der Waals surface area contributed by atoms with Crippen molar-refractivity contribution in [3.8, 4) is 11.3 Å². The van der Waals surface area contributed by atoms with Crippen LogP contribution in [-0.4, -0.2) is 60.2 Å². The van der Waals surface area contributed by atoms with E-state index >= 15 is 0 Å². The number of rotatable bonds is 6. The maximum Gasteiger partial charge on any atom is 0.276 e. The van der Waals surface area contributed by atoms with Crippen LogP contribution in [0.4, 0.5) is 0 Å². The Morgan fingerprint density at radius 2 is 1.86 bits per heavy atom. The second kappa shape index (κ2) is 8.80. The number of hydrogen-bond acceptors (Lipinski definition) is 6. The molecule has 4 aromatic rings. The third-order valence-electron chi connectivity index (χ3n) is 8.36. The highest BCUT2D eigenvalue weighted by Crippen LogP contribution is 2.42. The normalized spacial score (nSPS) is 21.9. The first kappa shape index (κ1) is 22.7. The predicted molar refractivity (Wildman–Crippen MR) is 139 cm³/mol. The highest BCUT2D eigenvalue weighted by Gasteiger charge is 2.43. The Labute approximate surface area is 216 Å². The highest BCUT2D eigenvalue weighted by atomic mass is 16.3. The van der Waals surface area contributed by atoms with Crippen LogP contribution in [0.25, 0.3) is 17.0 Å². The molecule has 1 aliphatic carbocycles. The Balaban J connectivity index is 1.16. The summed E-state index contributed by atoms with van der Waals surface area (Å²) < 4.78 is 7.72. The van der Waals surface area contributed by atoms with Crippen LogP contribution in [0.1, 0.15) is 78.9 Å². The number of piperazine rings is 1. The number of nitrogens with zero attached hydrogens (tertiary/aromatic N) is 6. The van der Waals surface area contributed by atoms with Crippen LogP contribution in [0, 0.1) is 0 Å². The standard InChI is InChI=1S/C29H32N6O2/c1-18(2)19-4-6-20(7-5-19)25-24(34-13-3-12-30-29(34)32-25)16-33-14-23-11-10-22(33)15-35(23)28(36)26-27(21-8-9-21)37-17-31-26/h3-7,12-13,17-18,21-23H,8-11,14-16H2,1-2H3. The van der Waals surface area contributed by atoms with Gasteiger partial charge in [0, 0.05) is 55.6 Å². The lowest BCUT2D eigenvalue weighted by Crippen LogP contribution is -2.63. The molecule has 1 aromatic carbocycles. The lowest BCUT2D eigenvalue weighted by Gasteiger charge is -2.51.